The summed E-state index contributed by atoms with van der Waals surface area (Å²) in [5.74, 6) is -0.492. The molecule has 5 heteroatoms. The van der Waals surface area contributed by atoms with Crippen molar-refractivity contribution in [1.82, 2.24) is 4.98 Å². The fraction of sp³-hybridized carbons (Fsp3) is 0.118. The molecule has 0 aliphatic carbocycles. The molecule has 0 amide bonds. The van der Waals surface area contributed by atoms with Crippen LogP contribution in [-0.2, 0) is 11.3 Å². The molecule has 0 spiro atoms. The highest BCUT2D eigenvalue weighted by Gasteiger charge is 2.15. The second-order valence-electron chi connectivity index (χ2n) is 4.78. The van der Waals surface area contributed by atoms with Crippen LogP contribution in [0.1, 0.15) is 16.1 Å². The normalized spacial score (nSPS) is 10.6. The first-order chi connectivity index (χ1) is 10.7. The molecule has 0 aliphatic heterocycles. The molecule has 0 fully saturated rings. The number of carbonyl (C=O) groups excluding carboxylic acids is 1. The predicted octanol–water partition coefficient (Wildman–Crippen LogP) is 3.67. The van der Waals surface area contributed by atoms with Crippen LogP contribution >= 0.6 is 0 Å². The SMILES string of the molecule is COC(=O)c1cc2c(OCc3ccccc3)ccc(F)c2[nH]1. The molecule has 0 saturated heterocycles. The molecule has 3 aromatic rings. The lowest BCUT2D eigenvalue weighted by molar-refractivity contribution is 0.0595. The van der Waals surface area contributed by atoms with Crippen LogP contribution in [-0.4, -0.2) is 18.1 Å². The topological polar surface area (TPSA) is 51.3 Å². The van der Waals surface area contributed by atoms with Crippen LogP contribution in [0, 0.1) is 5.82 Å². The van der Waals surface area contributed by atoms with Gasteiger partial charge in [0.2, 0.25) is 0 Å². The lowest BCUT2D eigenvalue weighted by atomic mass is 10.2. The standard InChI is InChI=1S/C17H14FNO3/c1-21-17(20)14-9-12-15(8-7-13(18)16(12)19-14)22-10-11-5-3-2-4-6-11/h2-9,19H,10H2,1H3. The van der Waals surface area contributed by atoms with Gasteiger partial charge >= 0.3 is 5.97 Å². The van der Waals surface area contributed by atoms with Crippen LogP contribution in [0.15, 0.2) is 48.5 Å². The number of aromatic amines is 1. The van der Waals surface area contributed by atoms with Crippen LogP contribution in [0.5, 0.6) is 5.75 Å². The molecule has 0 saturated carbocycles. The molecule has 0 radical (unpaired) electrons. The Labute approximate surface area is 126 Å². The van der Waals surface area contributed by atoms with Gasteiger partial charge in [-0.3, -0.25) is 0 Å². The van der Waals surface area contributed by atoms with Crippen LogP contribution < -0.4 is 4.74 Å². The number of benzene rings is 2. The number of H-pyrrole nitrogens is 1. The van der Waals surface area contributed by atoms with Gasteiger partial charge in [-0.25, -0.2) is 9.18 Å². The Hall–Kier alpha value is -2.82. The number of carbonyl (C=O) groups is 1. The Morgan fingerprint density at radius 1 is 1.18 bits per heavy atom. The van der Waals surface area contributed by atoms with Crippen molar-refractivity contribution in [2.45, 2.75) is 6.61 Å². The van der Waals surface area contributed by atoms with Crippen molar-refractivity contribution in [2.24, 2.45) is 0 Å². The van der Waals surface area contributed by atoms with Crippen LogP contribution in [0.3, 0.4) is 0 Å². The first-order valence-electron chi connectivity index (χ1n) is 6.75. The summed E-state index contributed by atoms with van der Waals surface area (Å²) in [5, 5.41) is 0.510. The number of halogens is 1. The molecular weight excluding hydrogens is 285 g/mol. The highest BCUT2D eigenvalue weighted by atomic mass is 19.1. The summed E-state index contributed by atoms with van der Waals surface area (Å²) in [6.45, 7) is 0.361. The Balaban J connectivity index is 1.94. The van der Waals surface area contributed by atoms with E-state index < -0.39 is 11.8 Å². The zero-order chi connectivity index (χ0) is 15.5. The van der Waals surface area contributed by atoms with E-state index in [0.29, 0.717) is 17.7 Å². The summed E-state index contributed by atoms with van der Waals surface area (Å²) in [6.07, 6.45) is 0. The van der Waals surface area contributed by atoms with Crippen LogP contribution in [0.2, 0.25) is 0 Å². The maximum atomic E-state index is 13.9. The molecule has 1 heterocycles. The Morgan fingerprint density at radius 2 is 1.95 bits per heavy atom. The minimum atomic E-state index is -0.551. The van der Waals surface area contributed by atoms with E-state index in [2.05, 4.69) is 9.72 Å². The minimum Gasteiger partial charge on any atom is -0.488 e. The summed E-state index contributed by atoms with van der Waals surface area (Å²) in [7, 11) is 1.27. The second kappa shape index (κ2) is 5.89. The number of esters is 1. The van der Waals surface area contributed by atoms with Crippen molar-refractivity contribution >= 4 is 16.9 Å². The molecule has 3 rings (SSSR count). The smallest absolute Gasteiger partial charge is 0.354 e. The predicted molar refractivity (Wildman–Crippen MR) is 80.4 cm³/mol. The van der Waals surface area contributed by atoms with Gasteiger partial charge in [0.25, 0.3) is 0 Å². The maximum Gasteiger partial charge on any atom is 0.354 e. The first kappa shape index (κ1) is 14.1. The van der Waals surface area contributed by atoms with Gasteiger partial charge in [0, 0.05) is 5.39 Å². The maximum absolute atomic E-state index is 13.9. The molecule has 1 aromatic heterocycles. The first-order valence-corrected chi connectivity index (χ1v) is 6.75. The Kier molecular flexibility index (Phi) is 3.78. The minimum absolute atomic E-state index is 0.187. The van der Waals surface area contributed by atoms with Gasteiger partial charge < -0.3 is 14.5 Å². The average molecular weight is 299 g/mol. The van der Waals surface area contributed by atoms with Gasteiger partial charge in [-0.05, 0) is 23.8 Å². The summed E-state index contributed by atoms with van der Waals surface area (Å²) in [5.41, 5.74) is 1.42. The molecule has 0 aliphatic rings. The van der Waals surface area contributed by atoms with Gasteiger partial charge in [-0.2, -0.15) is 0 Å². The van der Waals surface area contributed by atoms with Crippen LogP contribution in [0.25, 0.3) is 10.9 Å². The van der Waals surface area contributed by atoms with Gasteiger partial charge in [-0.1, -0.05) is 30.3 Å². The van der Waals surface area contributed by atoms with E-state index >= 15 is 0 Å². The fourth-order valence-electron chi connectivity index (χ4n) is 2.24. The molecule has 1 N–H and O–H groups in total. The molecule has 4 nitrogen and oxygen atoms in total. The summed E-state index contributed by atoms with van der Waals surface area (Å²) in [6, 6.07) is 14.0. The quantitative estimate of drug-likeness (QED) is 0.748. The average Bonchev–Trinajstić information content (AvgIpc) is 3.01. The number of aromatic nitrogens is 1. The van der Waals surface area contributed by atoms with Crippen molar-refractivity contribution in [1.29, 1.82) is 0 Å². The summed E-state index contributed by atoms with van der Waals surface area (Å²) in [4.78, 5) is 14.3. The van der Waals surface area contributed by atoms with Crippen molar-refractivity contribution in [3.63, 3.8) is 0 Å². The van der Waals surface area contributed by atoms with E-state index in [-0.39, 0.29) is 11.2 Å². The van der Waals surface area contributed by atoms with Crippen molar-refractivity contribution in [3.8, 4) is 5.75 Å². The number of methoxy groups -OCH3 is 1. The lowest BCUT2D eigenvalue weighted by Crippen LogP contribution is -2.00. The van der Waals surface area contributed by atoms with E-state index in [1.165, 1.54) is 19.2 Å². The van der Waals surface area contributed by atoms with E-state index in [1.54, 1.807) is 6.07 Å². The monoisotopic (exact) mass is 299 g/mol. The zero-order valence-corrected chi connectivity index (χ0v) is 11.9. The van der Waals surface area contributed by atoms with E-state index in [4.69, 9.17) is 4.74 Å². The third-order valence-electron chi connectivity index (χ3n) is 3.35. The number of rotatable bonds is 4. The van der Waals surface area contributed by atoms with E-state index in [9.17, 15) is 9.18 Å². The van der Waals surface area contributed by atoms with Gasteiger partial charge in [0.15, 0.2) is 0 Å². The van der Waals surface area contributed by atoms with Crippen molar-refractivity contribution in [3.05, 3.63) is 65.6 Å². The number of hydrogen-bond donors (Lipinski definition) is 1. The fourth-order valence-corrected chi connectivity index (χ4v) is 2.24. The molecule has 22 heavy (non-hydrogen) atoms. The van der Waals surface area contributed by atoms with E-state index in [1.807, 2.05) is 30.3 Å². The molecule has 0 bridgehead atoms. The molecule has 112 valence electrons. The third-order valence-corrected chi connectivity index (χ3v) is 3.35. The highest BCUT2D eigenvalue weighted by molar-refractivity contribution is 5.97. The number of hydrogen-bond acceptors (Lipinski definition) is 3. The van der Waals surface area contributed by atoms with Gasteiger partial charge in [-0.15, -0.1) is 0 Å². The zero-order valence-electron chi connectivity index (χ0n) is 11.9. The van der Waals surface area contributed by atoms with Crippen LogP contribution in [0.4, 0.5) is 4.39 Å². The molecule has 0 atom stereocenters. The molecule has 0 unspecified atom stereocenters. The van der Waals surface area contributed by atoms with Crippen molar-refractivity contribution in [2.75, 3.05) is 7.11 Å². The molecular formula is C17H14FNO3. The van der Waals surface area contributed by atoms with Gasteiger partial charge in [0.05, 0.1) is 12.6 Å². The molecule has 2 aromatic carbocycles. The lowest BCUT2D eigenvalue weighted by Gasteiger charge is -2.07. The second-order valence-corrected chi connectivity index (χ2v) is 4.78. The number of nitrogens with one attached hydrogen (secondary N) is 1. The van der Waals surface area contributed by atoms with Crippen molar-refractivity contribution < 1.29 is 18.7 Å². The Morgan fingerprint density at radius 3 is 2.68 bits per heavy atom. The number of fused-ring (bicyclic) bond motifs is 1. The number of ether oxygens (including phenoxy) is 2. The third kappa shape index (κ3) is 2.65. The van der Waals surface area contributed by atoms with E-state index in [0.717, 1.165) is 5.56 Å². The largest absolute Gasteiger partial charge is 0.488 e. The Bertz CT molecular complexity index is 811. The summed E-state index contributed by atoms with van der Waals surface area (Å²) < 4.78 is 24.3. The summed E-state index contributed by atoms with van der Waals surface area (Å²) >= 11 is 0. The van der Waals surface area contributed by atoms with Gasteiger partial charge in [0.1, 0.15) is 23.9 Å². The highest BCUT2D eigenvalue weighted by Crippen LogP contribution is 2.29.